The number of hydrogen-bond acceptors (Lipinski definition) is 1. The summed E-state index contributed by atoms with van der Waals surface area (Å²) in [5.74, 6) is 0. The van der Waals surface area contributed by atoms with Crippen molar-refractivity contribution in [3.05, 3.63) is 53.9 Å². The topological polar surface area (TPSA) is 44.5 Å². The van der Waals surface area contributed by atoms with Gasteiger partial charge in [0.05, 0.1) is 0 Å². The zero-order chi connectivity index (χ0) is 13.7. The highest BCUT2D eigenvalue weighted by Gasteiger charge is 2.10. The largest absolute Gasteiger partial charge is 0.354 e. The van der Waals surface area contributed by atoms with Crippen molar-refractivity contribution in [3.8, 4) is 11.3 Å². The molecule has 0 aliphatic heterocycles. The molecule has 2 N–H and O–H groups in total. The molecule has 3 heterocycles. The molecule has 0 spiro atoms. The van der Waals surface area contributed by atoms with E-state index in [-0.39, 0.29) is 0 Å². The number of hydrogen-bond donors (Lipinski definition) is 2. The van der Waals surface area contributed by atoms with Crippen LogP contribution < -0.4 is 0 Å². The van der Waals surface area contributed by atoms with Gasteiger partial charge in [-0.05, 0) is 43.7 Å². The van der Waals surface area contributed by atoms with Crippen molar-refractivity contribution in [1.82, 2.24) is 15.0 Å². The van der Waals surface area contributed by atoms with E-state index in [1.807, 2.05) is 12.4 Å². The quantitative estimate of drug-likeness (QED) is 0.526. The van der Waals surface area contributed by atoms with Gasteiger partial charge in [0.15, 0.2) is 0 Å². The fourth-order valence-corrected chi connectivity index (χ4v) is 2.81. The fourth-order valence-electron chi connectivity index (χ4n) is 2.81. The van der Waals surface area contributed by atoms with Crippen LogP contribution in [0.25, 0.3) is 33.2 Å². The average molecular weight is 261 g/mol. The van der Waals surface area contributed by atoms with Gasteiger partial charge in [0.25, 0.3) is 0 Å². The van der Waals surface area contributed by atoms with Crippen LogP contribution in [0.4, 0.5) is 0 Å². The highest BCUT2D eigenvalue weighted by Crippen LogP contribution is 2.29. The first-order valence-electron chi connectivity index (χ1n) is 6.75. The first kappa shape index (κ1) is 11.3. The summed E-state index contributed by atoms with van der Waals surface area (Å²) in [7, 11) is 0. The van der Waals surface area contributed by atoms with Crippen molar-refractivity contribution in [1.29, 1.82) is 0 Å². The second-order valence-electron chi connectivity index (χ2n) is 5.31. The minimum absolute atomic E-state index is 0.943. The molecule has 0 radical (unpaired) electrons. The maximum atomic E-state index is 4.49. The number of benzene rings is 1. The molecule has 3 aromatic heterocycles. The van der Waals surface area contributed by atoms with Crippen LogP contribution in [0.3, 0.4) is 0 Å². The predicted octanol–water partition coefficient (Wildman–Crippen LogP) is 4.33. The monoisotopic (exact) mass is 261 g/mol. The van der Waals surface area contributed by atoms with Gasteiger partial charge in [0.1, 0.15) is 5.65 Å². The van der Waals surface area contributed by atoms with Crippen LogP contribution in [0.2, 0.25) is 0 Å². The van der Waals surface area contributed by atoms with Crippen molar-refractivity contribution < 1.29 is 0 Å². The Morgan fingerprint density at radius 2 is 1.95 bits per heavy atom. The number of aryl methyl sites for hydroxylation is 2. The van der Waals surface area contributed by atoms with Crippen LogP contribution in [-0.4, -0.2) is 15.0 Å². The molecule has 20 heavy (non-hydrogen) atoms. The van der Waals surface area contributed by atoms with Gasteiger partial charge in [-0.3, -0.25) is 0 Å². The molecular formula is C17H15N3. The lowest BCUT2D eigenvalue weighted by molar-refractivity contribution is 1.29. The third-order valence-electron chi connectivity index (χ3n) is 3.92. The van der Waals surface area contributed by atoms with Crippen LogP contribution in [0.15, 0.2) is 42.7 Å². The Kier molecular flexibility index (Phi) is 2.24. The number of aromatic amines is 2. The molecule has 0 aliphatic carbocycles. The van der Waals surface area contributed by atoms with E-state index in [9.17, 15) is 0 Å². The highest BCUT2D eigenvalue weighted by atomic mass is 14.8. The Labute approximate surface area is 116 Å². The summed E-state index contributed by atoms with van der Waals surface area (Å²) in [5.41, 5.74) is 6.92. The van der Waals surface area contributed by atoms with Crippen LogP contribution in [-0.2, 0) is 0 Å². The third kappa shape index (κ3) is 1.56. The van der Waals surface area contributed by atoms with Gasteiger partial charge in [-0.15, -0.1) is 0 Å². The van der Waals surface area contributed by atoms with Gasteiger partial charge < -0.3 is 9.97 Å². The predicted molar refractivity (Wildman–Crippen MR) is 82.9 cm³/mol. The number of rotatable bonds is 1. The van der Waals surface area contributed by atoms with Gasteiger partial charge in [0, 0.05) is 39.9 Å². The van der Waals surface area contributed by atoms with Gasteiger partial charge >= 0.3 is 0 Å². The van der Waals surface area contributed by atoms with Crippen LogP contribution in [0.1, 0.15) is 11.1 Å². The van der Waals surface area contributed by atoms with Crippen LogP contribution in [0, 0.1) is 13.8 Å². The minimum Gasteiger partial charge on any atom is -0.354 e. The number of pyridine rings is 1. The molecule has 0 amide bonds. The third-order valence-corrected chi connectivity index (χ3v) is 3.92. The molecule has 0 bridgehead atoms. The molecule has 0 saturated carbocycles. The average Bonchev–Trinajstić information content (AvgIpc) is 3.04. The van der Waals surface area contributed by atoms with Crippen LogP contribution >= 0.6 is 0 Å². The van der Waals surface area contributed by atoms with E-state index in [1.165, 1.54) is 27.4 Å². The summed E-state index contributed by atoms with van der Waals surface area (Å²) < 4.78 is 0. The molecular weight excluding hydrogens is 246 g/mol. The lowest BCUT2D eigenvalue weighted by Gasteiger charge is -2.04. The first-order chi connectivity index (χ1) is 9.72. The SMILES string of the molecule is Cc1ccc2[nH]c(-c3cnc4[nH]ccc4c3C)cc2c1. The molecule has 4 rings (SSSR count). The molecule has 3 nitrogen and oxygen atoms in total. The van der Waals surface area contributed by atoms with Crippen LogP contribution in [0.5, 0.6) is 0 Å². The highest BCUT2D eigenvalue weighted by molar-refractivity contribution is 5.90. The molecule has 4 aromatic rings. The smallest absolute Gasteiger partial charge is 0.137 e. The number of fused-ring (bicyclic) bond motifs is 2. The fraction of sp³-hybridized carbons (Fsp3) is 0.118. The standard InChI is InChI=1S/C17H15N3/c1-10-3-4-15-12(7-10)8-16(20-15)14-9-19-17-13(11(14)2)5-6-18-17/h3-9,20H,1-2H3,(H,18,19). The van der Waals surface area contributed by atoms with E-state index in [2.05, 4.69) is 59.1 Å². The molecule has 1 aromatic carbocycles. The summed E-state index contributed by atoms with van der Waals surface area (Å²) in [6.45, 7) is 4.26. The van der Waals surface area contributed by atoms with E-state index in [1.54, 1.807) is 0 Å². The van der Waals surface area contributed by atoms with E-state index in [0.717, 1.165) is 16.9 Å². The molecule has 98 valence electrons. The van der Waals surface area contributed by atoms with Crippen molar-refractivity contribution in [3.63, 3.8) is 0 Å². The second kappa shape index (κ2) is 3.97. The Morgan fingerprint density at radius 1 is 1.05 bits per heavy atom. The lowest BCUT2D eigenvalue weighted by atomic mass is 10.1. The number of aromatic nitrogens is 3. The zero-order valence-electron chi connectivity index (χ0n) is 11.5. The maximum Gasteiger partial charge on any atom is 0.137 e. The molecule has 0 aliphatic rings. The molecule has 3 heteroatoms. The number of nitrogens with zero attached hydrogens (tertiary/aromatic N) is 1. The Hall–Kier alpha value is -2.55. The van der Waals surface area contributed by atoms with E-state index in [0.29, 0.717) is 0 Å². The Morgan fingerprint density at radius 3 is 2.85 bits per heavy atom. The second-order valence-corrected chi connectivity index (χ2v) is 5.31. The molecule has 0 atom stereocenters. The first-order valence-corrected chi connectivity index (χ1v) is 6.75. The molecule has 0 fully saturated rings. The van der Waals surface area contributed by atoms with E-state index in [4.69, 9.17) is 0 Å². The summed E-state index contributed by atoms with van der Waals surface area (Å²) in [6, 6.07) is 10.7. The van der Waals surface area contributed by atoms with Gasteiger partial charge in [-0.25, -0.2) is 4.98 Å². The normalized spacial score (nSPS) is 11.5. The van der Waals surface area contributed by atoms with Gasteiger partial charge in [-0.2, -0.15) is 0 Å². The summed E-state index contributed by atoms with van der Waals surface area (Å²) in [6.07, 6.45) is 3.87. The maximum absolute atomic E-state index is 4.49. The number of nitrogens with one attached hydrogen (secondary N) is 2. The number of H-pyrrole nitrogens is 2. The zero-order valence-corrected chi connectivity index (χ0v) is 11.5. The van der Waals surface area contributed by atoms with E-state index >= 15 is 0 Å². The lowest BCUT2D eigenvalue weighted by Crippen LogP contribution is -1.87. The Bertz CT molecular complexity index is 928. The summed E-state index contributed by atoms with van der Waals surface area (Å²) >= 11 is 0. The van der Waals surface area contributed by atoms with Crippen molar-refractivity contribution >= 4 is 21.9 Å². The van der Waals surface area contributed by atoms with Crippen molar-refractivity contribution in [2.24, 2.45) is 0 Å². The van der Waals surface area contributed by atoms with Crippen molar-refractivity contribution in [2.45, 2.75) is 13.8 Å². The Balaban J connectivity index is 1.98. The summed E-state index contributed by atoms with van der Waals surface area (Å²) in [4.78, 5) is 11.1. The van der Waals surface area contributed by atoms with Crippen molar-refractivity contribution in [2.75, 3.05) is 0 Å². The molecule has 0 unspecified atom stereocenters. The summed E-state index contributed by atoms with van der Waals surface area (Å²) in [5, 5.41) is 2.42. The van der Waals surface area contributed by atoms with Gasteiger partial charge in [0.2, 0.25) is 0 Å². The minimum atomic E-state index is 0.943. The van der Waals surface area contributed by atoms with E-state index < -0.39 is 0 Å². The molecule has 0 saturated heterocycles. The van der Waals surface area contributed by atoms with Gasteiger partial charge in [-0.1, -0.05) is 11.6 Å².